The van der Waals surface area contributed by atoms with E-state index in [9.17, 15) is 17.6 Å². The van der Waals surface area contributed by atoms with Crippen LogP contribution in [-0.4, -0.2) is 57.4 Å². The van der Waals surface area contributed by atoms with E-state index in [4.69, 9.17) is 9.72 Å². The van der Waals surface area contributed by atoms with Crippen molar-refractivity contribution in [1.82, 2.24) is 24.1 Å². The Morgan fingerprint density at radius 2 is 1.98 bits per heavy atom. The molecule has 1 saturated heterocycles. The fourth-order valence-electron chi connectivity index (χ4n) is 5.06. The molecule has 6 rings (SSSR count). The summed E-state index contributed by atoms with van der Waals surface area (Å²) in [6.07, 6.45) is 6.11. The number of halogens is 1. The van der Waals surface area contributed by atoms with E-state index in [1.54, 1.807) is 41.4 Å². The van der Waals surface area contributed by atoms with Gasteiger partial charge in [0.25, 0.3) is 0 Å². The predicted molar refractivity (Wildman–Crippen MR) is 148 cm³/mol. The normalized spacial score (nSPS) is 20.9. The van der Waals surface area contributed by atoms with Crippen molar-refractivity contribution in [2.75, 3.05) is 23.5 Å². The Morgan fingerprint density at radius 3 is 2.62 bits per heavy atom. The minimum absolute atomic E-state index is 0.0798. The second-order valence-electron chi connectivity index (χ2n) is 10.5. The lowest BCUT2D eigenvalue weighted by Crippen LogP contribution is -2.20. The highest BCUT2D eigenvalue weighted by molar-refractivity contribution is 7.90. The number of imidazole rings is 2. The number of amides is 1. The molecular formula is C27H30FN7O4S. The lowest BCUT2D eigenvalue weighted by atomic mass is 10.1. The van der Waals surface area contributed by atoms with Crippen molar-refractivity contribution in [3.63, 3.8) is 0 Å². The summed E-state index contributed by atoms with van der Waals surface area (Å²) in [6, 6.07) is 6.63. The van der Waals surface area contributed by atoms with Crippen LogP contribution in [0.1, 0.15) is 37.7 Å². The number of nitrogens with one attached hydrogen (secondary N) is 2. The van der Waals surface area contributed by atoms with Gasteiger partial charge in [0.1, 0.15) is 29.6 Å². The van der Waals surface area contributed by atoms with Gasteiger partial charge in [0.05, 0.1) is 34.2 Å². The van der Waals surface area contributed by atoms with E-state index in [0.717, 1.165) is 25.5 Å². The molecule has 0 bridgehead atoms. The van der Waals surface area contributed by atoms with Crippen LogP contribution in [0.5, 0.6) is 0 Å². The van der Waals surface area contributed by atoms with E-state index >= 15 is 0 Å². The fourth-order valence-corrected chi connectivity index (χ4v) is 5.92. The highest BCUT2D eigenvalue weighted by Crippen LogP contribution is 2.37. The zero-order chi connectivity index (χ0) is 28.2. The number of carbonyl (C=O) groups is 1. The van der Waals surface area contributed by atoms with Gasteiger partial charge in [-0.3, -0.25) is 9.36 Å². The molecular weight excluding hydrogens is 537 g/mol. The molecule has 40 heavy (non-hydrogen) atoms. The number of hydrogen-bond acceptors (Lipinski definition) is 8. The van der Waals surface area contributed by atoms with Gasteiger partial charge in [-0.15, -0.1) is 0 Å². The van der Waals surface area contributed by atoms with Gasteiger partial charge in [0.15, 0.2) is 15.5 Å². The topological polar surface area (TPSA) is 133 Å². The highest BCUT2D eigenvalue weighted by atomic mass is 32.2. The van der Waals surface area contributed by atoms with Crippen molar-refractivity contribution in [2.24, 2.45) is 13.0 Å². The first-order valence-corrected chi connectivity index (χ1v) is 15.0. The van der Waals surface area contributed by atoms with Gasteiger partial charge in [0.2, 0.25) is 5.91 Å². The van der Waals surface area contributed by atoms with Crippen LogP contribution in [0, 0.1) is 12.8 Å². The quantitative estimate of drug-likeness (QED) is 0.338. The van der Waals surface area contributed by atoms with Gasteiger partial charge in [-0.2, -0.15) is 0 Å². The number of rotatable bonds is 7. The smallest absolute Gasteiger partial charge is 0.231 e. The van der Waals surface area contributed by atoms with Gasteiger partial charge in [-0.1, -0.05) is 6.07 Å². The maximum Gasteiger partial charge on any atom is 0.231 e. The van der Waals surface area contributed by atoms with Crippen molar-refractivity contribution < 1.29 is 22.3 Å². The molecule has 13 heteroatoms. The Hall–Kier alpha value is -3.84. The van der Waals surface area contributed by atoms with Crippen LogP contribution < -0.4 is 10.6 Å². The zero-order valence-electron chi connectivity index (χ0n) is 22.4. The number of aryl methyl sites for hydroxylation is 2. The zero-order valence-corrected chi connectivity index (χ0v) is 23.2. The Bertz CT molecular complexity index is 1730. The van der Waals surface area contributed by atoms with Crippen molar-refractivity contribution in [2.45, 2.75) is 49.9 Å². The minimum atomic E-state index is -3.66. The van der Waals surface area contributed by atoms with Crippen LogP contribution in [0.2, 0.25) is 0 Å². The molecule has 1 aromatic carbocycles. The molecule has 1 aliphatic carbocycles. The molecule has 2 aliphatic rings. The number of benzene rings is 1. The molecule has 4 aromatic rings. The number of ether oxygens (including phenoxy) is 1. The molecule has 2 N–H and O–H groups in total. The molecule has 1 aliphatic heterocycles. The third kappa shape index (κ3) is 5.06. The number of hydrogen-bond donors (Lipinski definition) is 2. The van der Waals surface area contributed by atoms with E-state index < -0.39 is 27.8 Å². The van der Waals surface area contributed by atoms with Crippen LogP contribution >= 0.6 is 0 Å². The molecule has 3 atom stereocenters. The number of pyridine rings is 1. The number of carbonyl (C=O) groups excluding carboxylic acids is 1. The number of sulfone groups is 1. The summed E-state index contributed by atoms with van der Waals surface area (Å²) >= 11 is 0. The summed E-state index contributed by atoms with van der Waals surface area (Å²) in [5.74, 6) is -0.264. The Labute approximate surface area is 230 Å². The van der Waals surface area contributed by atoms with Gasteiger partial charge in [-0.25, -0.2) is 27.8 Å². The molecule has 3 aromatic heterocycles. The summed E-state index contributed by atoms with van der Waals surface area (Å²) in [5.41, 5.74) is 3.04. The highest BCUT2D eigenvalue weighted by Gasteiger charge is 2.43. The first-order valence-electron chi connectivity index (χ1n) is 13.1. The van der Waals surface area contributed by atoms with Crippen molar-refractivity contribution >= 4 is 44.1 Å². The molecule has 0 radical (unpaired) electrons. The molecule has 4 heterocycles. The second-order valence-corrected chi connectivity index (χ2v) is 12.4. The average molecular weight is 568 g/mol. The van der Waals surface area contributed by atoms with Crippen LogP contribution in [0.3, 0.4) is 0 Å². The van der Waals surface area contributed by atoms with Crippen LogP contribution in [0.25, 0.3) is 22.4 Å². The number of nitrogens with zero attached hydrogens (tertiary/aromatic N) is 5. The largest absolute Gasteiger partial charge is 0.358 e. The van der Waals surface area contributed by atoms with E-state index in [-0.39, 0.29) is 23.4 Å². The average Bonchev–Trinajstić information content (AvgIpc) is 3.33. The van der Waals surface area contributed by atoms with E-state index in [1.807, 2.05) is 18.5 Å². The molecule has 2 fully saturated rings. The summed E-state index contributed by atoms with van der Waals surface area (Å²) in [5, 5.41) is 5.96. The van der Waals surface area contributed by atoms with Gasteiger partial charge < -0.3 is 19.9 Å². The predicted octanol–water partition coefficient (Wildman–Crippen LogP) is 4.28. The minimum Gasteiger partial charge on any atom is -0.358 e. The molecule has 210 valence electrons. The first kappa shape index (κ1) is 26.4. The first-order chi connectivity index (χ1) is 19.1. The van der Waals surface area contributed by atoms with Gasteiger partial charge in [-0.05, 0) is 44.7 Å². The standard InChI is InChI=1S/C27H30FN7O4S/c1-15-30-25-20(31-19-8-7-16(10-22(19)40(3,37)38)21-13-34(2)14-29-21)12-23(33-27(36)17-11-18(17)28)32-26(25)35(15)24-6-4-5-9-39-24/h7-8,10,12-14,17-18,24H,4-6,9,11H2,1-3H3,(H2,31,32,33,36)/t17-,18+,24?/m1/s1. The summed E-state index contributed by atoms with van der Waals surface area (Å²) < 4.78 is 49.0. The van der Waals surface area contributed by atoms with Crippen LogP contribution in [0.15, 0.2) is 41.7 Å². The monoisotopic (exact) mass is 567 g/mol. The number of alkyl halides is 1. The number of aromatic nitrogens is 5. The fraction of sp³-hybridized carbons (Fsp3) is 0.407. The Morgan fingerprint density at radius 1 is 1.18 bits per heavy atom. The molecule has 1 unspecified atom stereocenters. The van der Waals surface area contributed by atoms with E-state index in [0.29, 0.717) is 46.2 Å². The van der Waals surface area contributed by atoms with Gasteiger partial charge >= 0.3 is 0 Å². The summed E-state index contributed by atoms with van der Waals surface area (Å²) in [6.45, 7) is 2.47. The van der Waals surface area contributed by atoms with Crippen molar-refractivity contribution in [3.8, 4) is 11.3 Å². The molecule has 1 amide bonds. The number of fused-ring (bicyclic) bond motifs is 1. The van der Waals surface area contributed by atoms with Gasteiger partial charge in [0, 0.05) is 37.7 Å². The summed E-state index contributed by atoms with van der Waals surface area (Å²) in [7, 11) is -1.82. The third-order valence-corrected chi connectivity index (χ3v) is 8.36. The Kier molecular flexibility index (Phi) is 6.57. The number of anilines is 3. The van der Waals surface area contributed by atoms with Crippen molar-refractivity contribution in [3.05, 3.63) is 42.6 Å². The second kappa shape index (κ2) is 9.97. The van der Waals surface area contributed by atoms with Crippen LogP contribution in [-0.2, 0) is 26.4 Å². The maximum atomic E-state index is 13.6. The molecule has 0 spiro atoms. The summed E-state index contributed by atoms with van der Waals surface area (Å²) in [4.78, 5) is 26.4. The molecule has 1 saturated carbocycles. The van der Waals surface area contributed by atoms with Crippen LogP contribution in [0.4, 0.5) is 21.6 Å². The van der Waals surface area contributed by atoms with E-state index in [1.165, 1.54) is 0 Å². The maximum absolute atomic E-state index is 13.6. The molecule has 11 nitrogen and oxygen atoms in total. The third-order valence-electron chi connectivity index (χ3n) is 7.22. The van der Waals surface area contributed by atoms with E-state index in [2.05, 4.69) is 20.6 Å². The Balaban J connectivity index is 1.45. The lowest BCUT2D eigenvalue weighted by molar-refractivity contribution is -0.117. The van der Waals surface area contributed by atoms with Crippen molar-refractivity contribution in [1.29, 1.82) is 0 Å². The lowest BCUT2D eigenvalue weighted by Gasteiger charge is -2.25. The SMILES string of the molecule is Cc1nc2c(Nc3ccc(-c4cn(C)cn4)cc3S(C)(=O)=O)cc(NC(=O)[C@@H]3C[C@@H]3F)nc2n1C1CCCCO1.